The van der Waals surface area contributed by atoms with E-state index in [0.29, 0.717) is 5.56 Å². The Balaban J connectivity index is 2.76. The summed E-state index contributed by atoms with van der Waals surface area (Å²) in [7, 11) is 0. The summed E-state index contributed by atoms with van der Waals surface area (Å²) in [6.45, 7) is 1.79. The highest BCUT2D eigenvalue weighted by Gasteiger charge is 2.11. The molecule has 1 aromatic heterocycles. The summed E-state index contributed by atoms with van der Waals surface area (Å²) in [6.07, 6.45) is 0.332. The molecule has 13 heavy (non-hydrogen) atoms. The molecule has 70 valence electrons. The Hall–Kier alpha value is -1.42. The zero-order chi connectivity index (χ0) is 9.84. The van der Waals surface area contributed by atoms with Crippen molar-refractivity contribution in [1.29, 1.82) is 0 Å². The monoisotopic (exact) mass is 181 g/mol. The summed E-state index contributed by atoms with van der Waals surface area (Å²) in [6, 6.07) is 3.29. The first-order chi connectivity index (χ1) is 6.09. The molecule has 0 radical (unpaired) electrons. The molecule has 0 aliphatic heterocycles. The van der Waals surface area contributed by atoms with Gasteiger partial charge < -0.3 is 10.2 Å². The Morgan fingerprint density at radius 2 is 2.38 bits per heavy atom. The van der Waals surface area contributed by atoms with Gasteiger partial charge >= 0.3 is 5.97 Å². The van der Waals surface area contributed by atoms with Crippen LogP contribution >= 0.6 is 0 Å². The Morgan fingerprint density at radius 3 is 2.92 bits per heavy atom. The van der Waals surface area contributed by atoms with Crippen molar-refractivity contribution < 1.29 is 15.0 Å². The quantitative estimate of drug-likeness (QED) is 0.726. The number of nitrogens with zero attached hydrogens (tertiary/aromatic N) is 1. The number of aromatic nitrogens is 1. The number of hydrogen-bond donors (Lipinski definition) is 2. The van der Waals surface area contributed by atoms with E-state index in [2.05, 4.69) is 4.98 Å². The molecular weight excluding hydrogens is 170 g/mol. The van der Waals surface area contributed by atoms with Crippen LogP contribution < -0.4 is 0 Å². The summed E-state index contributed by atoms with van der Waals surface area (Å²) in [5.41, 5.74) is 1.36. The van der Waals surface area contributed by atoms with Crippen LogP contribution in [0.25, 0.3) is 0 Å². The third kappa shape index (κ3) is 2.83. The number of aliphatic carboxylic acids is 1. The fourth-order valence-corrected chi connectivity index (χ4v) is 1.06. The SMILES string of the molecule is Cc1cc(C(O)CC(=O)O)ccn1. The van der Waals surface area contributed by atoms with Gasteiger partial charge in [0.1, 0.15) is 0 Å². The molecule has 2 N–H and O–H groups in total. The van der Waals surface area contributed by atoms with Crippen LogP contribution in [0.5, 0.6) is 0 Å². The highest BCUT2D eigenvalue weighted by atomic mass is 16.4. The van der Waals surface area contributed by atoms with E-state index in [4.69, 9.17) is 5.11 Å². The van der Waals surface area contributed by atoms with E-state index in [0.717, 1.165) is 5.69 Å². The van der Waals surface area contributed by atoms with Crippen LogP contribution in [0.2, 0.25) is 0 Å². The first-order valence-electron chi connectivity index (χ1n) is 3.92. The second-order valence-corrected chi connectivity index (χ2v) is 2.84. The molecule has 1 rings (SSSR count). The van der Waals surface area contributed by atoms with Crippen LogP contribution in [0, 0.1) is 6.92 Å². The van der Waals surface area contributed by atoms with Gasteiger partial charge in [-0.2, -0.15) is 0 Å². The highest BCUT2D eigenvalue weighted by Crippen LogP contribution is 2.15. The second kappa shape index (κ2) is 4.00. The highest BCUT2D eigenvalue weighted by molar-refractivity contribution is 5.67. The number of carboxylic acid groups (broad SMARTS) is 1. The maximum Gasteiger partial charge on any atom is 0.306 e. The van der Waals surface area contributed by atoms with E-state index in [1.165, 1.54) is 0 Å². The zero-order valence-corrected chi connectivity index (χ0v) is 7.27. The lowest BCUT2D eigenvalue weighted by molar-refractivity contribution is -0.139. The van der Waals surface area contributed by atoms with Crippen molar-refractivity contribution in [2.45, 2.75) is 19.4 Å². The normalized spacial score (nSPS) is 12.5. The lowest BCUT2D eigenvalue weighted by Crippen LogP contribution is -2.05. The van der Waals surface area contributed by atoms with E-state index in [9.17, 15) is 9.90 Å². The summed E-state index contributed by atoms with van der Waals surface area (Å²) >= 11 is 0. The average molecular weight is 181 g/mol. The van der Waals surface area contributed by atoms with Crippen LogP contribution in [0.4, 0.5) is 0 Å². The van der Waals surface area contributed by atoms with Crippen molar-refractivity contribution in [1.82, 2.24) is 4.98 Å². The van der Waals surface area contributed by atoms with Gasteiger partial charge in [0.2, 0.25) is 0 Å². The molecule has 0 aromatic carbocycles. The lowest BCUT2D eigenvalue weighted by Gasteiger charge is -2.07. The van der Waals surface area contributed by atoms with E-state index in [1.54, 1.807) is 25.3 Å². The van der Waals surface area contributed by atoms with E-state index in [-0.39, 0.29) is 6.42 Å². The third-order valence-corrected chi connectivity index (χ3v) is 1.67. The smallest absolute Gasteiger partial charge is 0.306 e. The van der Waals surface area contributed by atoms with E-state index >= 15 is 0 Å². The van der Waals surface area contributed by atoms with Gasteiger partial charge in [0, 0.05) is 11.9 Å². The van der Waals surface area contributed by atoms with Crippen molar-refractivity contribution in [3.8, 4) is 0 Å². The molecule has 0 bridgehead atoms. The minimum atomic E-state index is -1.01. The van der Waals surface area contributed by atoms with Crippen LogP contribution in [-0.4, -0.2) is 21.2 Å². The first kappa shape index (κ1) is 9.67. The van der Waals surface area contributed by atoms with Crippen LogP contribution in [0.3, 0.4) is 0 Å². The van der Waals surface area contributed by atoms with Crippen molar-refractivity contribution in [3.63, 3.8) is 0 Å². The van der Waals surface area contributed by atoms with Crippen molar-refractivity contribution >= 4 is 5.97 Å². The van der Waals surface area contributed by atoms with Gasteiger partial charge in [0.05, 0.1) is 12.5 Å². The molecule has 1 heterocycles. The largest absolute Gasteiger partial charge is 0.481 e. The number of carbonyl (C=O) groups is 1. The molecule has 0 aliphatic carbocycles. The predicted molar refractivity (Wildman–Crippen MR) is 46.2 cm³/mol. The fourth-order valence-electron chi connectivity index (χ4n) is 1.06. The fraction of sp³-hybridized carbons (Fsp3) is 0.333. The summed E-state index contributed by atoms with van der Waals surface area (Å²) in [5.74, 6) is -1.01. The van der Waals surface area contributed by atoms with Crippen molar-refractivity contribution in [2.75, 3.05) is 0 Å². The molecule has 0 spiro atoms. The van der Waals surface area contributed by atoms with Crippen molar-refractivity contribution in [3.05, 3.63) is 29.6 Å². The van der Waals surface area contributed by atoms with Gasteiger partial charge in [0.25, 0.3) is 0 Å². The third-order valence-electron chi connectivity index (χ3n) is 1.67. The molecule has 1 atom stereocenters. The zero-order valence-electron chi connectivity index (χ0n) is 7.27. The Bertz CT molecular complexity index is 311. The molecule has 0 fully saturated rings. The first-order valence-corrected chi connectivity index (χ1v) is 3.92. The van der Waals surface area contributed by atoms with Gasteiger partial charge in [-0.05, 0) is 24.6 Å². The lowest BCUT2D eigenvalue weighted by atomic mass is 10.1. The molecule has 4 nitrogen and oxygen atoms in total. The Kier molecular flexibility index (Phi) is 2.97. The Morgan fingerprint density at radius 1 is 1.69 bits per heavy atom. The van der Waals surface area contributed by atoms with Crippen molar-refractivity contribution in [2.24, 2.45) is 0 Å². The number of rotatable bonds is 3. The van der Waals surface area contributed by atoms with E-state index < -0.39 is 12.1 Å². The van der Waals surface area contributed by atoms with Gasteiger partial charge in [-0.1, -0.05) is 0 Å². The van der Waals surface area contributed by atoms with E-state index in [1.807, 2.05) is 0 Å². The number of hydrogen-bond acceptors (Lipinski definition) is 3. The average Bonchev–Trinajstić information content (AvgIpc) is 2.03. The van der Waals surface area contributed by atoms with Crippen LogP contribution in [0.1, 0.15) is 23.8 Å². The molecule has 1 aromatic rings. The molecule has 0 aliphatic rings. The molecule has 1 unspecified atom stereocenters. The minimum absolute atomic E-state index is 0.274. The minimum Gasteiger partial charge on any atom is -0.481 e. The van der Waals surface area contributed by atoms with Gasteiger partial charge in [-0.25, -0.2) is 0 Å². The molecule has 0 saturated heterocycles. The van der Waals surface area contributed by atoms with Crippen LogP contribution in [0.15, 0.2) is 18.3 Å². The maximum atomic E-state index is 10.3. The maximum absolute atomic E-state index is 10.3. The Labute approximate surface area is 75.9 Å². The van der Waals surface area contributed by atoms with Gasteiger partial charge in [-0.15, -0.1) is 0 Å². The summed E-state index contributed by atoms with van der Waals surface area (Å²) < 4.78 is 0. The molecule has 0 saturated carbocycles. The van der Waals surface area contributed by atoms with Gasteiger partial charge in [0.15, 0.2) is 0 Å². The number of aryl methyl sites for hydroxylation is 1. The standard InChI is InChI=1S/C9H11NO3/c1-6-4-7(2-3-10-6)8(11)5-9(12)13/h2-4,8,11H,5H2,1H3,(H,12,13). The molecule has 0 amide bonds. The second-order valence-electron chi connectivity index (χ2n) is 2.84. The summed E-state index contributed by atoms with van der Waals surface area (Å²) in [5, 5.41) is 17.8. The van der Waals surface area contributed by atoms with Crippen LogP contribution in [-0.2, 0) is 4.79 Å². The number of aliphatic hydroxyl groups excluding tert-OH is 1. The number of pyridine rings is 1. The predicted octanol–water partition coefficient (Wildman–Crippen LogP) is 0.898. The molecule has 4 heteroatoms. The topological polar surface area (TPSA) is 70.4 Å². The number of carboxylic acids is 1. The number of aliphatic hydroxyl groups is 1. The summed E-state index contributed by atoms with van der Waals surface area (Å²) in [4.78, 5) is 14.2. The molecular formula is C9H11NO3. The van der Waals surface area contributed by atoms with Gasteiger partial charge in [-0.3, -0.25) is 9.78 Å².